The first-order valence-corrected chi connectivity index (χ1v) is 6.07. The molecular weight excluding hydrogens is 234 g/mol. The van der Waals surface area contributed by atoms with Crippen LogP contribution < -0.4 is 10.5 Å². The van der Waals surface area contributed by atoms with E-state index in [1.165, 1.54) is 16.7 Å². The third-order valence-electron chi connectivity index (χ3n) is 2.98. The van der Waals surface area contributed by atoms with Crippen molar-refractivity contribution in [2.75, 3.05) is 6.61 Å². The molecule has 0 heterocycles. The molecule has 2 nitrogen and oxygen atoms in total. The lowest BCUT2D eigenvalue weighted by atomic mass is 9.99. The van der Waals surface area contributed by atoms with Gasteiger partial charge in [0, 0.05) is 6.04 Å². The lowest BCUT2D eigenvalue weighted by molar-refractivity contribution is 0.335. The van der Waals surface area contributed by atoms with Gasteiger partial charge in [-0.2, -0.15) is 0 Å². The third-order valence-corrected chi connectivity index (χ3v) is 2.98. The Bertz CT molecular complexity index is 352. The Morgan fingerprint density at radius 3 is 2.29 bits per heavy atom. The fraction of sp³-hybridized carbons (Fsp3) is 0.571. The Kier molecular flexibility index (Phi) is 7.24. The summed E-state index contributed by atoms with van der Waals surface area (Å²) in [6.07, 6.45) is 1.89. The molecule has 0 aliphatic carbocycles. The minimum absolute atomic E-state index is 0. The van der Waals surface area contributed by atoms with Gasteiger partial charge in [0.05, 0.1) is 6.61 Å². The summed E-state index contributed by atoms with van der Waals surface area (Å²) in [7, 11) is 0. The number of ether oxygens (including phenoxy) is 1. The maximum absolute atomic E-state index is 6.00. The Labute approximate surface area is 111 Å². The molecular formula is C14H24ClNO. The molecule has 0 bridgehead atoms. The molecule has 2 N–H and O–H groups in total. The van der Waals surface area contributed by atoms with Crippen LogP contribution in [0.5, 0.6) is 5.75 Å². The molecule has 3 heteroatoms. The molecule has 0 fully saturated rings. The maximum atomic E-state index is 6.00. The van der Waals surface area contributed by atoms with E-state index in [1.807, 2.05) is 6.92 Å². The number of hydrogen-bond donors (Lipinski definition) is 1. The summed E-state index contributed by atoms with van der Waals surface area (Å²) in [6, 6.07) is 4.55. The molecule has 0 aliphatic rings. The molecule has 0 aliphatic heterocycles. The van der Waals surface area contributed by atoms with E-state index in [0.717, 1.165) is 18.6 Å². The lowest BCUT2D eigenvalue weighted by Crippen LogP contribution is -2.21. The van der Waals surface area contributed by atoms with Crippen molar-refractivity contribution in [2.45, 2.75) is 46.6 Å². The topological polar surface area (TPSA) is 35.2 Å². The summed E-state index contributed by atoms with van der Waals surface area (Å²) in [5, 5.41) is 0. The fourth-order valence-electron chi connectivity index (χ4n) is 1.73. The van der Waals surface area contributed by atoms with Crippen LogP contribution in [-0.4, -0.2) is 12.6 Å². The first kappa shape index (κ1) is 16.3. The summed E-state index contributed by atoms with van der Waals surface area (Å²) in [5.41, 5.74) is 9.82. The number of aryl methyl sites for hydroxylation is 2. The van der Waals surface area contributed by atoms with Crippen molar-refractivity contribution in [1.82, 2.24) is 0 Å². The standard InChI is InChI=1S/C14H23NO.ClH/c1-5-13(15)9-12-7-10(3)11(4)8-14(12)16-6-2;/h7-8,13H,5-6,9,15H2,1-4H3;1H. The van der Waals surface area contributed by atoms with Gasteiger partial charge in [-0.3, -0.25) is 0 Å². The van der Waals surface area contributed by atoms with Gasteiger partial charge in [-0.05, 0) is 56.4 Å². The van der Waals surface area contributed by atoms with Gasteiger partial charge in [0.25, 0.3) is 0 Å². The second-order valence-corrected chi connectivity index (χ2v) is 4.35. The Hall–Kier alpha value is -0.730. The Morgan fingerprint density at radius 1 is 1.18 bits per heavy atom. The molecule has 0 saturated carbocycles. The quantitative estimate of drug-likeness (QED) is 0.878. The van der Waals surface area contributed by atoms with E-state index < -0.39 is 0 Å². The highest BCUT2D eigenvalue weighted by Gasteiger charge is 2.09. The smallest absolute Gasteiger partial charge is 0.122 e. The van der Waals surface area contributed by atoms with E-state index in [0.29, 0.717) is 6.61 Å². The van der Waals surface area contributed by atoms with Crippen molar-refractivity contribution in [3.8, 4) is 5.75 Å². The summed E-state index contributed by atoms with van der Waals surface area (Å²) >= 11 is 0. The van der Waals surface area contributed by atoms with Crippen molar-refractivity contribution in [2.24, 2.45) is 5.73 Å². The minimum atomic E-state index is 0. The van der Waals surface area contributed by atoms with Crippen molar-refractivity contribution >= 4 is 12.4 Å². The van der Waals surface area contributed by atoms with Crippen LogP contribution in [0.3, 0.4) is 0 Å². The summed E-state index contributed by atoms with van der Waals surface area (Å²) in [5.74, 6) is 0.995. The summed E-state index contributed by atoms with van der Waals surface area (Å²) in [4.78, 5) is 0. The van der Waals surface area contributed by atoms with Crippen LogP contribution in [0.25, 0.3) is 0 Å². The van der Waals surface area contributed by atoms with Gasteiger partial charge in [0.1, 0.15) is 5.75 Å². The average molecular weight is 258 g/mol. The molecule has 1 rings (SSSR count). The monoisotopic (exact) mass is 257 g/mol. The van der Waals surface area contributed by atoms with Crippen LogP contribution in [0.15, 0.2) is 12.1 Å². The van der Waals surface area contributed by atoms with E-state index in [4.69, 9.17) is 10.5 Å². The summed E-state index contributed by atoms with van der Waals surface area (Å²) < 4.78 is 5.66. The van der Waals surface area contributed by atoms with Gasteiger partial charge in [-0.1, -0.05) is 13.0 Å². The predicted octanol–water partition coefficient (Wildman–Crippen LogP) is 3.40. The number of nitrogens with two attached hydrogens (primary N) is 1. The molecule has 0 radical (unpaired) electrons. The predicted molar refractivity (Wildman–Crippen MR) is 76.3 cm³/mol. The molecule has 17 heavy (non-hydrogen) atoms. The molecule has 98 valence electrons. The van der Waals surface area contributed by atoms with Gasteiger partial charge in [-0.15, -0.1) is 12.4 Å². The first-order valence-electron chi connectivity index (χ1n) is 6.07. The van der Waals surface area contributed by atoms with Crippen LogP contribution in [-0.2, 0) is 6.42 Å². The minimum Gasteiger partial charge on any atom is -0.494 e. The highest BCUT2D eigenvalue weighted by atomic mass is 35.5. The number of halogens is 1. The zero-order valence-corrected chi connectivity index (χ0v) is 12.1. The van der Waals surface area contributed by atoms with E-state index in [-0.39, 0.29) is 18.4 Å². The Morgan fingerprint density at radius 2 is 1.76 bits per heavy atom. The van der Waals surface area contributed by atoms with Gasteiger partial charge >= 0.3 is 0 Å². The van der Waals surface area contributed by atoms with Crippen molar-refractivity contribution in [3.05, 3.63) is 28.8 Å². The van der Waals surface area contributed by atoms with Crippen LogP contribution in [0.1, 0.15) is 37.0 Å². The third kappa shape index (κ3) is 4.57. The van der Waals surface area contributed by atoms with Crippen LogP contribution >= 0.6 is 12.4 Å². The van der Waals surface area contributed by atoms with E-state index in [9.17, 15) is 0 Å². The zero-order valence-electron chi connectivity index (χ0n) is 11.2. The molecule has 0 saturated heterocycles. The van der Waals surface area contributed by atoms with Crippen LogP contribution in [0.4, 0.5) is 0 Å². The second-order valence-electron chi connectivity index (χ2n) is 4.35. The van der Waals surface area contributed by atoms with Crippen LogP contribution in [0.2, 0.25) is 0 Å². The normalized spacial score (nSPS) is 11.8. The molecule has 0 spiro atoms. The van der Waals surface area contributed by atoms with Gasteiger partial charge in [0.15, 0.2) is 0 Å². The van der Waals surface area contributed by atoms with E-state index in [1.54, 1.807) is 0 Å². The van der Waals surface area contributed by atoms with E-state index in [2.05, 4.69) is 32.9 Å². The molecule has 0 amide bonds. The maximum Gasteiger partial charge on any atom is 0.122 e. The molecule has 1 atom stereocenters. The summed E-state index contributed by atoms with van der Waals surface area (Å²) in [6.45, 7) is 9.08. The Balaban J connectivity index is 0.00000256. The fourth-order valence-corrected chi connectivity index (χ4v) is 1.73. The molecule has 1 aromatic rings. The highest BCUT2D eigenvalue weighted by Crippen LogP contribution is 2.24. The number of rotatable bonds is 5. The van der Waals surface area contributed by atoms with Gasteiger partial charge in [0.2, 0.25) is 0 Å². The molecule has 0 aromatic heterocycles. The second kappa shape index (κ2) is 7.57. The lowest BCUT2D eigenvalue weighted by Gasteiger charge is -2.15. The van der Waals surface area contributed by atoms with Crippen LogP contribution in [0, 0.1) is 13.8 Å². The van der Waals surface area contributed by atoms with Crippen molar-refractivity contribution < 1.29 is 4.74 Å². The van der Waals surface area contributed by atoms with Gasteiger partial charge < -0.3 is 10.5 Å². The molecule has 1 aromatic carbocycles. The largest absolute Gasteiger partial charge is 0.494 e. The number of hydrogen-bond acceptors (Lipinski definition) is 2. The first-order chi connectivity index (χ1) is 7.58. The average Bonchev–Trinajstić information content (AvgIpc) is 2.25. The number of benzene rings is 1. The SMILES string of the molecule is CCOc1cc(C)c(C)cc1CC(N)CC.Cl. The highest BCUT2D eigenvalue weighted by molar-refractivity contribution is 5.85. The van der Waals surface area contributed by atoms with Crippen molar-refractivity contribution in [1.29, 1.82) is 0 Å². The van der Waals surface area contributed by atoms with Crippen molar-refractivity contribution in [3.63, 3.8) is 0 Å². The van der Waals surface area contributed by atoms with Gasteiger partial charge in [-0.25, -0.2) is 0 Å². The molecule has 1 unspecified atom stereocenters. The van der Waals surface area contributed by atoms with E-state index >= 15 is 0 Å². The zero-order chi connectivity index (χ0) is 12.1.